The van der Waals surface area contributed by atoms with E-state index in [-0.39, 0.29) is 105 Å². The predicted octanol–water partition coefficient (Wildman–Crippen LogP) is 6.14. The van der Waals surface area contributed by atoms with Crippen molar-refractivity contribution >= 4 is 102 Å². The van der Waals surface area contributed by atoms with Gasteiger partial charge in [-0.25, -0.2) is 10.2 Å². The average Bonchev–Trinajstić information content (AvgIpc) is 3.62. The van der Waals surface area contributed by atoms with Crippen molar-refractivity contribution in [3.05, 3.63) is 71.5 Å². The van der Waals surface area contributed by atoms with E-state index in [1.165, 1.54) is 5.01 Å². The minimum Gasteiger partial charge on any atom is -0.464 e. The molecule has 9 rings (SSSR count). The van der Waals surface area contributed by atoms with Gasteiger partial charge in [-0.2, -0.15) is 67.5 Å². The number of likely N-dealkylation sites (tertiary alicyclic amines) is 1. The standard InChI is InChI=1S/C50H66N8O7.5H2S/c1-7-56-44-14-13-35-24-39(44)41(46(56)40-25-37(27-51-45(40)32(2)63-6)55-19-18-54-20-21-64-30-38(54)28-55)26-50(3,4)31-65-48(60)42-12-9-16-58(53-42)47(59)43(23-33-10-8-11-34(35)22-33)52-49(61)57-17-15-36(57)29-62-5;;;;;/h8,10-11,13-14,22,24-25,27,32,36,38,42-43,53H,7,9,12,15-21,23,26,28-31H2,1-6H3,(H,52,61);5*1H2/t32-,36-,38-,42-,43-;;;;;/m0...../s1. The average molecular weight is 1060 g/mol. The number of hydrogen-bond acceptors (Lipinski definition) is 11. The van der Waals surface area contributed by atoms with Gasteiger partial charge >= 0.3 is 12.0 Å². The maximum absolute atomic E-state index is 14.4. The summed E-state index contributed by atoms with van der Waals surface area (Å²) >= 11 is 0. The number of hydrazine groups is 1. The molecule has 388 valence electrons. The van der Waals surface area contributed by atoms with Crippen LogP contribution in [0.1, 0.15) is 69.9 Å². The molecule has 0 aliphatic carbocycles. The SMILES string of the molecule is CCn1c(-c2cc(N3CCN4CCOC[C@@H]4C3)cnc2[C@H](C)OC)c2c3cc(ccc31)-c1cccc(c1)C[C@H](NC(=O)N1CC[C@H]1COC)C(=O)N1CCC[C@H](N1)C(=O)OCC(C)(C)C2.S.S.S.S.S. The van der Waals surface area contributed by atoms with Crippen LogP contribution < -0.4 is 15.6 Å². The van der Waals surface area contributed by atoms with Crippen molar-refractivity contribution in [3.63, 3.8) is 0 Å². The van der Waals surface area contributed by atoms with E-state index in [0.717, 1.165) is 102 Å². The van der Waals surface area contributed by atoms with Crippen LogP contribution in [0.25, 0.3) is 33.3 Å². The number of amides is 3. The highest BCUT2D eigenvalue weighted by atomic mass is 32.1. The third kappa shape index (κ3) is 12.4. The lowest BCUT2D eigenvalue weighted by atomic mass is 9.84. The molecule has 4 saturated heterocycles. The predicted molar refractivity (Wildman–Crippen MR) is 301 cm³/mol. The zero-order valence-electron chi connectivity index (χ0n) is 41.4. The van der Waals surface area contributed by atoms with E-state index in [0.29, 0.717) is 51.5 Å². The number of morpholine rings is 1. The van der Waals surface area contributed by atoms with Crippen molar-refractivity contribution < 1.29 is 33.3 Å². The molecule has 2 N–H and O–H groups in total. The lowest BCUT2D eigenvalue weighted by Crippen LogP contribution is -2.63. The number of hydrogen-bond donors (Lipinski definition) is 2. The van der Waals surface area contributed by atoms with Crippen LogP contribution in [0.2, 0.25) is 0 Å². The molecule has 70 heavy (non-hydrogen) atoms. The van der Waals surface area contributed by atoms with Crippen molar-refractivity contribution in [2.45, 2.75) is 96.6 Å². The molecular weight excluding hydrogens is 985 g/mol. The number of rotatable bonds is 8. The minimum atomic E-state index is -0.884. The third-order valence-electron chi connectivity index (χ3n) is 14.2. The number of cyclic esters (lactones) is 1. The summed E-state index contributed by atoms with van der Waals surface area (Å²) in [6, 6.07) is 15.6. The first-order valence-electron chi connectivity index (χ1n) is 23.6. The van der Waals surface area contributed by atoms with Crippen LogP contribution in [0.3, 0.4) is 0 Å². The first-order chi connectivity index (χ1) is 31.4. The van der Waals surface area contributed by atoms with Crippen LogP contribution >= 0.6 is 67.5 Å². The first-order valence-corrected chi connectivity index (χ1v) is 23.6. The Hall–Kier alpha value is -3.31. The van der Waals surface area contributed by atoms with Gasteiger partial charge in [-0.05, 0) is 80.0 Å². The summed E-state index contributed by atoms with van der Waals surface area (Å²) in [5.41, 5.74) is 12.0. The number of ether oxygens (including phenoxy) is 4. The lowest BCUT2D eigenvalue weighted by Gasteiger charge is -2.44. The Bertz CT molecular complexity index is 2430. The molecule has 15 nitrogen and oxygen atoms in total. The quantitative estimate of drug-likeness (QED) is 0.197. The molecule has 6 bridgehead atoms. The molecule has 5 atom stereocenters. The molecule has 4 aromatic rings. The number of aromatic nitrogens is 2. The molecule has 2 aromatic heterocycles. The molecule has 7 heterocycles. The zero-order valence-corrected chi connectivity index (χ0v) is 46.4. The Morgan fingerprint density at radius 2 is 1.76 bits per heavy atom. The van der Waals surface area contributed by atoms with Gasteiger partial charge in [0.2, 0.25) is 0 Å². The van der Waals surface area contributed by atoms with Crippen LogP contribution in [0, 0.1) is 5.41 Å². The summed E-state index contributed by atoms with van der Waals surface area (Å²) in [6.07, 6.45) is 4.58. The maximum Gasteiger partial charge on any atom is 0.324 e. The monoisotopic (exact) mass is 1060 g/mol. The first kappa shape index (κ1) is 59.3. The summed E-state index contributed by atoms with van der Waals surface area (Å²) in [5, 5.41) is 5.69. The number of nitrogens with one attached hydrogen (secondary N) is 2. The fourth-order valence-electron chi connectivity index (χ4n) is 10.5. The highest BCUT2D eigenvalue weighted by Gasteiger charge is 2.38. The number of aryl methyl sites for hydroxylation is 1. The van der Waals surface area contributed by atoms with Crippen LogP contribution in [0.5, 0.6) is 0 Å². The Balaban J connectivity index is 0.00000213. The third-order valence-corrected chi connectivity index (χ3v) is 14.2. The second-order valence-corrected chi connectivity index (χ2v) is 19.3. The minimum absolute atomic E-state index is 0. The Morgan fingerprint density at radius 1 is 0.971 bits per heavy atom. The van der Waals surface area contributed by atoms with Crippen molar-refractivity contribution in [2.24, 2.45) is 5.41 Å². The number of carbonyl (C=O) groups is 3. The van der Waals surface area contributed by atoms with E-state index in [1.54, 1.807) is 19.1 Å². The van der Waals surface area contributed by atoms with Gasteiger partial charge in [-0.3, -0.25) is 24.5 Å². The summed E-state index contributed by atoms with van der Waals surface area (Å²) in [6.45, 7) is 16.1. The number of piperazine rings is 1. The topological polar surface area (TPSA) is 143 Å². The highest BCUT2D eigenvalue weighted by molar-refractivity contribution is 7.60. The molecule has 3 amide bonds. The number of esters is 1. The smallest absolute Gasteiger partial charge is 0.324 e. The van der Waals surface area contributed by atoms with Gasteiger partial charge in [-0.15, -0.1) is 0 Å². The number of fused-ring (bicyclic) bond motifs is 7. The Kier molecular flexibility index (Phi) is 21.6. The van der Waals surface area contributed by atoms with Crippen molar-refractivity contribution in [1.29, 1.82) is 0 Å². The normalized spacial score (nSPS) is 22.7. The molecule has 0 unspecified atom stereocenters. The van der Waals surface area contributed by atoms with Crippen LogP contribution in [-0.4, -0.2) is 146 Å². The highest BCUT2D eigenvalue weighted by Crippen LogP contribution is 2.43. The van der Waals surface area contributed by atoms with E-state index in [1.807, 2.05) is 18.3 Å². The second-order valence-electron chi connectivity index (χ2n) is 19.3. The van der Waals surface area contributed by atoms with Gasteiger partial charge in [-0.1, -0.05) is 44.2 Å². The molecule has 0 radical (unpaired) electrons. The maximum atomic E-state index is 14.4. The molecule has 0 spiro atoms. The fourth-order valence-corrected chi connectivity index (χ4v) is 10.5. The summed E-state index contributed by atoms with van der Waals surface area (Å²) in [7, 11) is 3.36. The van der Waals surface area contributed by atoms with Crippen LogP contribution in [-0.2, 0) is 47.9 Å². The molecule has 0 saturated carbocycles. The van der Waals surface area contributed by atoms with E-state index >= 15 is 0 Å². The van der Waals surface area contributed by atoms with Crippen LogP contribution in [0.15, 0.2) is 54.7 Å². The molecule has 5 aliphatic heterocycles. The molecule has 5 aliphatic rings. The van der Waals surface area contributed by atoms with Gasteiger partial charge in [0, 0.05) is 88.3 Å². The number of pyridine rings is 1. The summed E-state index contributed by atoms with van der Waals surface area (Å²) in [5.74, 6) is -0.694. The van der Waals surface area contributed by atoms with E-state index in [9.17, 15) is 14.4 Å². The number of nitrogens with zero attached hydrogens (tertiary/aromatic N) is 6. The van der Waals surface area contributed by atoms with Crippen molar-refractivity contribution in [3.8, 4) is 22.4 Å². The van der Waals surface area contributed by atoms with Crippen molar-refractivity contribution in [1.82, 2.24) is 35.1 Å². The Morgan fingerprint density at radius 3 is 2.49 bits per heavy atom. The Labute approximate surface area is 448 Å². The molecule has 2 aromatic carbocycles. The number of urea groups is 1. The zero-order chi connectivity index (χ0) is 45.4. The van der Waals surface area contributed by atoms with E-state index in [2.05, 4.69) is 89.2 Å². The summed E-state index contributed by atoms with van der Waals surface area (Å²) < 4.78 is 25.9. The van der Waals surface area contributed by atoms with Crippen molar-refractivity contribution in [2.75, 3.05) is 84.8 Å². The van der Waals surface area contributed by atoms with Gasteiger partial charge in [0.15, 0.2) is 0 Å². The number of methoxy groups -OCH3 is 2. The van der Waals surface area contributed by atoms with E-state index in [4.69, 9.17) is 23.9 Å². The van der Waals surface area contributed by atoms with Gasteiger partial charge in [0.25, 0.3) is 5.91 Å². The molecular formula is C50H76N8O7S5. The van der Waals surface area contributed by atoms with E-state index < -0.39 is 23.5 Å². The number of carbonyl (C=O) groups excluding carboxylic acids is 3. The lowest BCUT2D eigenvalue weighted by molar-refractivity contribution is -0.155. The van der Waals surface area contributed by atoms with Gasteiger partial charge < -0.3 is 38.6 Å². The molecule has 4 fully saturated rings. The van der Waals surface area contributed by atoms with Gasteiger partial charge in [0.05, 0.1) is 67.9 Å². The number of benzene rings is 2. The molecule has 20 heteroatoms. The van der Waals surface area contributed by atoms with Crippen LogP contribution in [0.4, 0.5) is 10.5 Å². The fraction of sp³-hybridized carbons (Fsp3) is 0.560. The van der Waals surface area contributed by atoms with Gasteiger partial charge in [0.1, 0.15) is 12.1 Å². The number of anilines is 1. The largest absolute Gasteiger partial charge is 0.464 e. The summed E-state index contributed by atoms with van der Waals surface area (Å²) in [4.78, 5) is 54.0. The second kappa shape index (κ2) is 25.6.